The third-order valence-electron chi connectivity index (χ3n) is 3.55. The molecule has 0 saturated carbocycles. The number of carbonyl (C=O) groups is 1. The molecule has 0 spiro atoms. The minimum absolute atomic E-state index is 0.385. The van der Waals surface area contributed by atoms with Crippen LogP contribution in [0.2, 0.25) is 0 Å². The fourth-order valence-corrected chi connectivity index (χ4v) is 2.31. The summed E-state index contributed by atoms with van der Waals surface area (Å²) in [6.07, 6.45) is 3.65. The maximum Gasteiger partial charge on any atom is 0.338 e. The number of rotatable bonds is 6. The number of benzene rings is 2. The number of carbonyl (C=O) groups excluding carboxylic acids is 1. The summed E-state index contributed by atoms with van der Waals surface area (Å²) in [6, 6.07) is 10.7. The molecule has 0 atom stereocenters. The number of ether oxygens (including phenoxy) is 4. The smallest absolute Gasteiger partial charge is 0.338 e. The van der Waals surface area contributed by atoms with E-state index in [1.54, 1.807) is 45.6 Å². The first-order chi connectivity index (χ1) is 11.6. The molecule has 0 aliphatic rings. The second kappa shape index (κ2) is 8.06. The fraction of sp³-hybridized carbons (Fsp3) is 0.211. The summed E-state index contributed by atoms with van der Waals surface area (Å²) in [5.41, 5.74) is 1.98. The summed E-state index contributed by atoms with van der Waals surface area (Å²) < 4.78 is 20.9. The van der Waals surface area contributed by atoms with Crippen molar-refractivity contribution in [3.05, 3.63) is 53.1 Å². The molecule has 0 saturated heterocycles. The molecule has 0 bridgehead atoms. The first-order valence-electron chi connectivity index (χ1n) is 7.30. The summed E-state index contributed by atoms with van der Waals surface area (Å²) in [7, 11) is 6.09. The van der Waals surface area contributed by atoms with Gasteiger partial charge in [0.25, 0.3) is 0 Å². The maximum atomic E-state index is 11.9. The van der Waals surface area contributed by atoms with E-state index in [9.17, 15) is 4.79 Å². The maximum absolute atomic E-state index is 11.9. The Balaban J connectivity index is 2.48. The Bertz CT molecular complexity index is 724. The third kappa shape index (κ3) is 3.68. The number of methoxy groups -OCH3 is 4. The molecule has 0 fully saturated rings. The summed E-state index contributed by atoms with van der Waals surface area (Å²) in [5, 5.41) is 0. The predicted octanol–water partition coefficient (Wildman–Crippen LogP) is 3.67. The molecule has 2 rings (SSSR count). The van der Waals surface area contributed by atoms with Crippen molar-refractivity contribution in [2.45, 2.75) is 0 Å². The van der Waals surface area contributed by atoms with Gasteiger partial charge in [0.05, 0.1) is 39.6 Å². The van der Waals surface area contributed by atoms with Gasteiger partial charge in [-0.05, 0) is 17.7 Å². The van der Waals surface area contributed by atoms with Gasteiger partial charge in [0.15, 0.2) is 0 Å². The molecule has 0 aliphatic heterocycles. The SMILES string of the molecule is COC(=O)c1ccccc1/C=C\c1c(OC)cc(OC)cc1OC. The molecule has 2 aromatic rings. The lowest BCUT2D eigenvalue weighted by Gasteiger charge is -2.12. The van der Waals surface area contributed by atoms with Crippen LogP contribution in [0.4, 0.5) is 0 Å². The topological polar surface area (TPSA) is 54.0 Å². The van der Waals surface area contributed by atoms with Crippen LogP contribution in [0.1, 0.15) is 21.5 Å². The van der Waals surface area contributed by atoms with E-state index in [0.717, 1.165) is 11.1 Å². The highest BCUT2D eigenvalue weighted by atomic mass is 16.5. The van der Waals surface area contributed by atoms with Gasteiger partial charge >= 0.3 is 5.97 Å². The Kier molecular flexibility index (Phi) is 5.84. The van der Waals surface area contributed by atoms with Crippen LogP contribution < -0.4 is 14.2 Å². The van der Waals surface area contributed by atoms with Gasteiger partial charge in [0, 0.05) is 12.1 Å². The molecule has 0 aliphatic carbocycles. The van der Waals surface area contributed by atoms with Crippen LogP contribution in [0.15, 0.2) is 36.4 Å². The van der Waals surface area contributed by atoms with Gasteiger partial charge in [-0.25, -0.2) is 4.79 Å². The molecule has 5 heteroatoms. The average Bonchev–Trinajstić information content (AvgIpc) is 2.65. The van der Waals surface area contributed by atoms with Crippen LogP contribution in [0.25, 0.3) is 12.2 Å². The molecule has 0 heterocycles. The van der Waals surface area contributed by atoms with Crippen LogP contribution in [-0.2, 0) is 4.74 Å². The predicted molar refractivity (Wildman–Crippen MR) is 92.8 cm³/mol. The molecule has 24 heavy (non-hydrogen) atoms. The monoisotopic (exact) mass is 328 g/mol. The summed E-state index contributed by atoms with van der Waals surface area (Å²) in [4.78, 5) is 11.9. The molecule has 5 nitrogen and oxygen atoms in total. The lowest BCUT2D eigenvalue weighted by molar-refractivity contribution is 0.0600. The van der Waals surface area contributed by atoms with Gasteiger partial charge in [0.1, 0.15) is 17.2 Å². The Morgan fingerprint density at radius 2 is 1.50 bits per heavy atom. The van der Waals surface area contributed by atoms with E-state index in [2.05, 4.69) is 0 Å². The van der Waals surface area contributed by atoms with Crippen molar-refractivity contribution in [1.29, 1.82) is 0 Å². The molecule has 0 N–H and O–H groups in total. The lowest BCUT2D eigenvalue weighted by atomic mass is 10.0. The molecule has 0 amide bonds. The van der Waals surface area contributed by atoms with Gasteiger partial charge in [0.2, 0.25) is 0 Å². The van der Waals surface area contributed by atoms with Crippen molar-refractivity contribution >= 4 is 18.1 Å². The highest BCUT2D eigenvalue weighted by Crippen LogP contribution is 2.35. The van der Waals surface area contributed by atoms with E-state index < -0.39 is 0 Å². The molecular weight excluding hydrogens is 308 g/mol. The molecule has 0 aromatic heterocycles. The molecular formula is C19H20O5. The summed E-state index contributed by atoms with van der Waals surface area (Å²) in [6.45, 7) is 0. The zero-order valence-corrected chi connectivity index (χ0v) is 14.2. The number of hydrogen-bond donors (Lipinski definition) is 0. The van der Waals surface area contributed by atoms with Crippen molar-refractivity contribution in [2.24, 2.45) is 0 Å². The normalized spacial score (nSPS) is 10.5. The van der Waals surface area contributed by atoms with Crippen LogP contribution in [0.3, 0.4) is 0 Å². The summed E-state index contributed by atoms with van der Waals surface area (Å²) in [5.74, 6) is 1.47. The second-order valence-corrected chi connectivity index (χ2v) is 4.86. The Morgan fingerprint density at radius 3 is 2.04 bits per heavy atom. The second-order valence-electron chi connectivity index (χ2n) is 4.86. The minimum atomic E-state index is -0.385. The minimum Gasteiger partial charge on any atom is -0.496 e. The van der Waals surface area contributed by atoms with Crippen molar-refractivity contribution in [2.75, 3.05) is 28.4 Å². The van der Waals surface area contributed by atoms with Crippen LogP contribution in [0, 0.1) is 0 Å². The van der Waals surface area contributed by atoms with Crippen LogP contribution in [0.5, 0.6) is 17.2 Å². The highest BCUT2D eigenvalue weighted by molar-refractivity contribution is 5.95. The van der Waals surface area contributed by atoms with E-state index in [1.165, 1.54) is 7.11 Å². The van der Waals surface area contributed by atoms with Crippen molar-refractivity contribution in [3.63, 3.8) is 0 Å². The van der Waals surface area contributed by atoms with Crippen molar-refractivity contribution < 1.29 is 23.7 Å². The van der Waals surface area contributed by atoms with E-state index in [-0.39, 0.29) is 5.97 Å². The van der Waals surface area contributed by atoms with Crippen LogP contribution in [-0.4, -0.2) is 34.4 Å². The molecule has 126 valence electrons. The quantitative estimate of drug-likeness (QED) is 0.598. The third-order valence-corrected chi connectivity index (χ3v) is 3.55. The molecule has 0 unspecified atom stereocenters. The van der Waals surface area contributed by atoms with E-state index in [4.69, 9.17) is 18.9 Å². The number of esters is 1. The zero-order valence-electron chi connectivity index (χ0n) is 14.2. The summed E-state index contributed by atoms with van der Waals surface area (Å²) >= 11 is 0. The lowest BCUT2D eigenvalue weighted by Crippen LogP contribution is -2.03. The number of hydrogen-bond acceptors (Lipinski definition) is 5. The van der Waals surface area contributed by atoms with Crippen molar-refractivity contribution in [3.8, 4) is 17.2 Å². The standard InChI is InChI=1S/C19H20O5/c1-21-14-11-17(22-2)16(18(12-14)23-3)10-9-13-7-5-6-8-15(13)19(20)24-4/h5-12H,1-4H3/b10-9-. The Labute approximate surface area is 141 Å². The van der Waals surface area contributed by atoms with Crippen molar-refractivity contribution in [1.82, 2.24) is 0 Å². The highest BCUT2D eigenvalue weighted by Gasteiger charge is 2.12. The first kappa shape index (κ1) is 17.4. The Morgan fingerprint density at radius 1 is 0.875 bits per heavy atom. The van der Waals surface area contributed by atoms with Gasteiger partial charge in [-0.3, -0.25) is 0 Å². The first-order valence-corrected chi connectivity index (χ1v) is 7.30. The largest absolute Gasteiger partial charge is 0.496 e. The van der Waals surface area contributed by atoms with E-state index in [1.807, 2.05) is 24.3 Å². The molecule has 2 aromatic carbocycles. The zero-order chi connectivity index (χ0) is 17.5. The van der Waals surface area contributed by atoms with Crippen LogP contribution >= 0.6 is 0 Å². The Hall–Kier alpha value is -2.95. The van der Waals surface area contributed by atoms with Gasteiger partial charge < -0.3 is 18.9 Å². The van der Waals surface area contributed by atoms with Gasteiger partial charge in [-0.2, -0.15) is 0 Å². The van der Waals surface area contributed by atoms with Gasteiger partial charge in [-0.1, -0.05) is 24.3 Å². The fourth-order valence-electron chi connectivity index (χ4n) is 2.31. The van der Waals surface area contributed by atoms with E-state index >= 15 is 0 Å². The van der Waals surface area contributed by atoms with E-state index in [0.29, 0.717) is 22.8 Å². The van der Waals surface area contributed by atoms with Gasteiger partial charge in [-0.15, -0.1) is 0 Å². The average molecular weight is 328 g/mol. The molecule has 0 radical (unpaired) electrons.